The first-order chi connectivity index (χ1) is 12.2. The summed E-state index contributed by atoms with van der Waals surface area (Å²) in [5.74, 6) is 5.59. The number of para-hydroxylation sites is 1. The molecule has 0 radical (unpaired) electrons. The van der Waals surface area contributed by atoms with Gasteiger partial charge in [0.15, 0.2) is 0 Å². The van der Waals surface area contributed by atoms with Gasteiger partial charge in [0.2, 0.25) is 0 Å². The summed E-state index contributed by atoms with van der Waals surface area (Å²) in [6.45, 7) is 0. The predicted molar refractivity (Wildman–Crippen MR) is 97.2 cm³/mol. The van der Waals surface area contributed by atoms with Crippen LogP contribution in [0.5, 0.6) is 5.75 Å². The number of H-pyrrole nitrogens is 1. The van der Waals surface area contributed by atoms with Gasteiger partial charge < -0.3 is 9.72 Å². The number of nitrogens with two attached hydrogens (primary N) is 1. The van der Waals surface area contributed by atoms with Crippen molar-refractivity contribution in [2.24, 2.45) is 5.84 Å². The van der Waals surface area contributed by atoms with Crippen LogP contribution in [0.4, 0.5) is 0 Å². The Balaban J connectivity index is 2.08. The van der Waals surface area contributed by atoms with E-state index in [9.17, 15) is 4.79 Å². The largest absolute Gasteiger partial charge is 0.497 e. The molecule has 0 atom stereocenters. The van der Waals surface area contributed by atoms with Gasteiger partial charge in [0.25, 0.3) is 5.91 Å². The van der Waals surface area contributed by atoms with Crippen LogP contribution in [0.3, 0.4) is 0 Å². The lowest BCUT2D eigenvalue weighted by atomic mass is 10.1. The van der Waals surface area contributed by atoms with Crippen LogP contribution in [0, 0.1) is 0 Å². The number of carbonyl (C=O) groups excluding carboxylic acids is 1. The number of hydrogen-bond donors (Lipinski definition) is 3. The number of aromatic amines is 1. The maximum Gasteiger partial charge on any atom is 0.283 e. The molecule has 4 rings (SSSR count). The molecular weight excluding hydrogens is 316 g/mol. The summed E-state index contributed by atoms with van der Waals surface area (Å²) < 4.78 is 5.31. The molecule has 0 spiro atoms. The van der Waals surface area contributed by atoms with Gasteiger partial charge >= 0.3 is 0 Å². The Morgan fingerprint density at radius 2 is 1.96 bits per heavy atom. The lowest BCUT2D eigenvalue weighted by Gasteiger charge is -2.08. The summed E-state index contributed by atoms with van der Waals surface area (Å²) in [6, 6.07) is 17.2. The minimum absolute atomic E-state index is 0.262. The average molecular weight is 332 g/mol. The molecule has 2 heterocycles. The first-order valence-electron chi connectivity index (χ1n) is 7.78. The number of rotatable bonds is 3. The minimum Gasteiger partial charge on any atom is -0.497 e. The Bertz CT molecular complexity index is 1100. The van der Waals surface area contributed by atoms with Crippen molar-refractivity contribution in [1.29, 1.82) is 0 Å². The molecule has 1 amide bonds. The number of hydrogen-bond acceptors (Lipinski definition) is 4. The van der Waals surface area contributed by atoms with Crippen molar-refractivity contribution in [3.05, 3.63) is 60.3 Å². The molecule has 2 aromatic heterocycles. The predicted octanol–water partition coefficient (Wildman–Crippen LogP) is 3.00. The van der Waals surface area contributed by atoms with Crippen LogP contribution in [0.1, 0.15) is 10.5 Å². The lowest BCUT2D eigenvalue weighted by molar-refractivity contribution is 0.0949. The number of pyridine rings is 1. The Kier molecular flexibility index (Phi) is 3.59. The van der Waals surface area contributed by atoms with Gasteiger partial charge in [-0.25, -0.2) is 10.8 Å². The van der Waals surface area contributed by atoms with E-state index < -0.39 is 5.91 Å². The van der Waals surface area contributed by atoms with Crippen molar-refractivity contribution in [3.8, 4) is 17.0 Å². The molecule has 4 aromatic rings. The molecule has 0 aliphatic carbocycles. The van der Waals surface area contributed by atoms with Crippen molar-refractivity contribution in [2.45, 2.75) is 0 Å². The summed E-state index contributed by atoms with van der Waals surface area (Å²) in [5.41, 5.74) is 5.78. The van der Waals surface area contributed by atoms with E-state index in [0.29, 0.717) is 5.69 Å². The van der Waals surface area contributed by atoms with E-state index in [1.807, 2.05) is 48.5 Å². The second-order valence-electron chi connectivity index (χ2n) is 5.65. The van der Waals surface area contributed by atoms with Crippen LogP contribution >= 0.6 is 0 Å². The quantitative estimate of drug-likeness (QED) is 0.305. The van der Waals surface area contributed by atoms with Crippen LogP contribution in [-0.4, -0.2) is 23.0 Å². The smallest absolute Gasteiger partial charge is 0.283 e. The number of hydrazine groups is 1. The molecule has 4 N–H and O–H groups in total. The molecule has 6 nitrogen and oxygen atoms in total. The Hall–Kier alpha value is -3.38. The molecule has 6 heteroatoms. The van der Waals surface area contributed by atoms with E-state index in [1.165, 1.54) is 0 Å². The van der Waals surface area contributed by atoms with Gasteiger partial charge in [0.05, 0.1) is 18.3 Å². The monoisotopic (exact) mass is 332 g/mol. The number of ether oxygens (including phenoxy) is 1. The van der Waals surface area contributed by atoms with E-state index >= 15 is 0 Å². The number of fused-ring (bicyclic) bond motifs is 3. The van der Waals surface area contributed by atoms with Crippen molar-refractivity contribution in [1.82, 2.24) is 15.4 Å². The summed E-state index contributed by atoms with van der Waals surface area (Å²) in [7, 11) is 1.61. The normalized spacial score (nSPS) is 11.0. The van der Waals surface area contributed by atoms with Gasteiger partial charge in [0.1, 0.15) is 11.4 Å². The lowest BCUT2D eigenvalue weighted by Crippen LogP contribution is -2.30. The average Bonchev–Trinajstić information content (AvgIpc) is 3.05. The summed E-state index contributed by atoms with van der Waals surface area (Å²) >= 11 is 0. The maximum atomic E-state index is 12.1. The van der Waals surface area contributed by atoms with E-state index in [4.69, 9.17) is 10.6 Å². The van der Waals surface area contributed by atoms with Gasteiger partial charge in [-0.1, -0.05) is 30.3 Å². The highest BCUT2D eigenvalue weighted by atomic mass is 16.5. The Morgan fingerprint density at radius 1 is 1.12 bits per heavy atom. The number of aromatic nitrogens is 2. The van der Waals surface area contributed by atoms with Crippen molar-refractivity contribution in [2.75, 3.05) is 7.11 Å². The zero-order valence-electron chi connectivity index (χ0n) is 13.5. The molecule has 0 unspecified atom stereocenters. The number of nitrogens with zero attached hydrogens (tertiary/aromatic N) is 1. The summed E-state index contributed by atoms with van der Waals surface area (Å²) in [6.07, 6.45) is 0. The SMILES string of the molecule is COc1cccc(-c2nc(C(=O)NN)cc3c2[nH]c2ccccc23)c1. The third-order valence-electron chi connectivity index (χ3n) is 4.20. The van der Waals surface area contributed by atoms with E-state index in [0.717, 1.165) is 33.1 Å². The number of benzene rings is 2. The second-order valence-corrected chi connectivity index (χ2v) is 5.65. The minimum atomic E-state index is -0.434. The second kappa shape index (κ2) is 5.92. The molecule has 2 aromatic carbocycles. The Morgan fingerprint density at radius 3 is 2.76 bits per heavy atom. The molecular formula is C19H16N4O2. The number of methoxy groups -OCH3 is 1. The molecule has 0 fully saturated rings. The van der Waals surface area contributed by atoms with Gasteiger partial charge in [0, 0.05) is 21.9 Å². The van der Waals surface area contributed by atoms with Crippen LogP contribution < -0.4 is 16.0 Å². The van der Waals surface area contributed by atoms with Gasteiger partial charge in [-0.05, 0) is 24.3 Å². The Labute approximate surface area is 143 Å². The number of amides is 1. The van der Waals surface area contributed by atoms with Crippen molar-refractivity contribution >= 4 is 27.7 Å². The number of nitrogens with one attached hydrogen (secondary N) is 2. The third kappa shape index (κ3) is 2.49. The van der Waals surface area contributed by atoms with Crippen LogP contribution in [-0.2, 0) is 0 Å². The third-order valence-corrected chi connectivity index (χ3v) is 4.20. The molecule has 124 valence electrons. The van der Waals surface area contributed by atoms with Crippen LogP contribution in [0.25, 0.3) is 33.1 Å². The summed E-state index contributed by atoms with van der Waals surface area (Å²) in [5, 5.41) is 1.94. The first-order valence-corrected chi connectivity index (χ1v) is 7.78. The molecule has 0 saturated heterocycles. The fraction of sp³-hybridized carbons (Fsp3) is 0.0526. The first kappa shape index (κ1) is 15.2. The van der Waals surface area contributed by atoms with Crippen molar-refractivity contribution in [3.63, 3.8) is 0 Å². The zero-order chi connectivity index (χ0) is 17.4. The summed E-state index contributed by atoms with van der Waals surface area (Å²) in [4.78, 5) is 20.0. The van der Waals surface area contributed by atoms with Crippen LogP contribution in [0.15, 0.2) is 54.6 Å². The molecule has 0 bridgehead atoms. The molecule has 0 saturated carbocycles. The maximum absolute atomic E-state index is 12.1. The number of carbonyl (C=O) groups is 1. The van der Waals surface area contributed by atoms with Gasteiger partial charge in [-0.15, -0.1) is 0 Å². The van der Waals surface area contributed by atoms with E-state index in [-0.39, 0.29) is 5.69 Å². The fourth-order valence-electron chi connectivity index (χ4n) is 3.02. The van der Waals surface area contributed by atoms with E-state index in [1.54, 1.807) is 13.2 Å². The standard InChI is InChI=1S/C19H16N4O2/c1-25-12-6-4-5-11(9-12)17-18-14(10-16(22-17)19(24)23-20)13-7-2-3-8-15(13)21-18/h2-10,21H,20H2,1H3,(H,23,24). The van der Waals surface area contributed by atoms with Gasteiger partial charge in [-0.2, -0.15) is 0 Å². The molecule has 25 heavy (non-hydrogen) atoms. The van der Waals surface area contributed by atoms with Gasteiger partial charge in [-0.3, -0.25) is 10.2 Å². The fourth-order valence-corrected chi connectivity index (χ4v) is 3.02. The van der Waals surface area contributed by atoms with E-state index in [2.05, 4.69) is 15.4 Å². The molecule has 0 aliphatic rings. The highest BCUT2D eigenvalue weighted by Crippen LogP contribution is 2.33. The zero-order valence-corrected chi connectivity index (χ0v) is 13.5. The number of nitrogen functional groups attached to an aromatic ring is 1. The highest BCUT2D eigenvalue weighted by Gasteiger charge is 2.16. The molecule has 0 aliphatic heterocycles. The van der Waals surface area contributed by atoms with Crippen molar-refractivity contribution < 1.29 is 9.53 Å². The topological polar surface area (TPSA) is 93.0 Å². The highest BCUT2D eigenvalue weighted by molar-refractivity contribution is 6.13. The van der Waals surface area contributed by atoms with Crippen LogP contribution in [0.2, 0.25) is 0 Å².